The topological polar surface area (TPSA) is 37.8 Å². The molecule has 0 unspecified atom stereocenters. The number of hydrogen-bond acceptors (Lipinski definition) is 3. The summed E-state index contributed by atoms with van der Waals surface area (Å²) in [5.74, 6) is 1.80. The molecule has 1 heterocycles. The third-order valence-corrected chi connectivity index (χ3v) is 3.35. The Morgan fingerprint density at radius 2 is 1.95 bits per heavy atom. The average molecular weight is 341 g/mol. The SMILES string of the molecule is Cc1ccc(Cl)c(Nc2cc(Br)nc(C(C)C)n2)c1. The van der Waals surface area contributed by atoms with Gasteiger partial charge < -0.3 is 5.32 Å². The van der Waals surface area contributed by atoms with Crippen LogP contribution in [0.5, 0.6) is 0 Å². The van der Waals surface area contributed by atoms with E-state index in [1.807, 2.05) is 31.2 Å². The smallest absolute Gasteiger partial charge is 0.135 e. The maximum absolute atomic E-state index is 6.17. The summed E-state index contributed by atoms with van der Waals surface area (Å²) in [6.07, 6.45) is 0. The predicted octanol–water partition coefficient (Wildman–Crippen LogP) is 5.07. The molecule has 0 bridgehead atoms. The number of hydrogen-bond donors (Lipinski definition) is 1. The lowest BCUT2D eigenvalue weighted by molar-refractivity contribution is 0.771. The molecule has 0 fully saturated rings. The predicted molar refractivity (Wildman–Crippen MR) is 83.3 cm³/mol. The van der Waals surface area contributed by atoms with Gasteiger partial charge in [0.1, 0.15) is 16.2 Å². The molecule has 0 saturated carbocycles. The van der Waals surface area contributed by atoms with E-state index in [2.05, 4.69) is 45.1 Å². The standard InChI is InChI=1S/C14H15BrClN3/c1-8(2)14-18-12(15)7-13(19-14)17-11-6-9(3)4-5-10(11)16/h4-8H,1-3H3,(H,17,18,19). The van der Waals surface area contributed by atoms with Crippen molar-refractivity contribution in [2.45, 2.75) is 26.7 Å². The van der Waals surface area contributed by atoms with Crippen LogP contribution in [0.25, 0.3) is 0 Å². The van der Waals surface area contributed by atoms with E-state index < -0.39 is 0 Å². The second-order valence-corrected chi connectivity index (χ2v) is 5.92. The van der Waals surface area contributed by atoms with E-state index in [-0.39, 0.29) is 5.92 Å². The molecule has 0 spiro atoms. The second-order valence-electron chi connectivity index (χ2n) is 4.70. The number of aryl methyl sites for hydroxylation is 1. The van der Waals surface area contributed by atoms with Gasteiger partial charge in [0.15, 0.2) is 0 Å². The molecule has 0 amide bonds. The quantitative estimate of drug-likeness (QED) is 0.793. The first kappa shape index (κ1) is 14.3. The van der Waals surface area contributed by atoms with Gasteiger partial charge in [-0.1, -0.05) is 31.5 Å². The molecule has 1 aromatic carbocycles. The van der Waals surface area contributed by atoms with Gasteiger partial charge in [-0.15, -0.1) is 0 Å². The van der Waals surface area contributed by atoms with Crippen molar-refractivity contribution in [2.24, 2.45) is 0 Å². The number of aromatic nitrogens is 2. The first-order chi connectivity index (χ1) is 8.95. The molecule has 1 aromatic heterocycles. The van der Waals surface area contributed by atoms with Gasteiger partial charge in [-0.3, -0.25) is 0 Å². The van der Waals surface area contributed by atoms with E-state index in [4.69, 9.17) is 11.6 Å². The van der Waals surface area contributed by atoms with E-state index in [1.165, 1.54) is 0 Å². The van der Waals surface area contributed by atoms with Crippen molar-refractivity contribution in [2.75, 3.05) is 5.32 Å². The number of anilines is 2. The Balaban J connectivity index is 2.35. The molecule has 0 saturated heterocycles. The molecule has 5 heteroatoms. The maximum atomic E-state index is 6.17. The molecule has 3 nitrogen and oxygen atoms in total. The lowest BCUT2D eigenvalue weighted by Gasteiger charge is -2.11. The van der Waals surface area contributed by atoms with Crippen LogP contribution in [0, 0.1) is 6.92 Å². The van der Waals surface area contributed by atoms with E-state index in [1.54, 1.807) is 0 Å². The van der Waals surface area contributed by atoms with Crippen LogP contribution in [0.3, 0.4) is 0 Å². The van der Waals surface area contributed by atoms with Crippen LogP contribution in [0.2, 0.25) is 5.02 Å². The maximum Gasteiger partial charge on any atom is 0.135 e. The minimum absolute atomic E-state index is 0.269. The fraction of sp³-hybridized carbons (Fsp3) is 0.286. The van der Waals surface area contributed by atoms with E-state index in [0.29, 0.717) is 5.02 Å². The third kappa shape index (κ3) is 3.67. The van der Waals surface area contributed by atoms with Crippen molar-refractivity contribution in [1.82, 2.24) is 9.97 Å². The van der Waals surface area contributed by atoms with Gasteiger partial charge in [-0.25, -0.2) is 9.97 Å². The molecule has 0 atom stereocenters. The summed E-state index contributed by atoms with van der Waals surface area (Å²) in [4.78, 5) is 8.84. The van der Waals surface area contributed by atoms with E-state index >= 15 is 0 Å². The van der Waals surface area contributed by atoms with Gasteiger partial charge in [0.25, 0.3) is 0 Å². The first-order valence-electron chi connectivity index (χ1n) is 6.03. The van der Waals surface area contributed by atoms with Crippen LogP contribution in [0.4, 0.5) is 11.5 Å². The first-order valence-corrected chi connectivity index (χ1v) is 7.20. The molecule has 100 valence electrons. The molecular formula is C14H15BrClN3. The van der Waals surface area contributed by atoms with Crippen LogP contribution in [0.1, 0.15) is 31.2 Å². The molecule has 2 aromatic rings. The number of benzene rings is 1. The molecule has 0 aliphatic rings. The normalized spacial score (nSPS) is 10.8. The van der Waals surface area contributed by atoms with Gasteiger partial charge in [0.2, 0.25) is 0 Å². The number of nitrogens with one attached hydrogen (secondary N) is 1. The summed E-state index contributed by atoms with van der Waals surface area (Å²) in [5, 5.41) is 3.91. The Kier molecular flexibility index (Phi) is 4.42. The Hall–Kier alpha value is -1.13. The summed E-state index contributed by atoms with van der Waals surface area (Å²) < 4.78 is 0.762. The summed E-state index contributed by atoms with van der Waals surface area (Å²) >= 11 is 9.57. The van der Waals surface area contributed by atoms with Crippen molar-refractivity contribution < 1.29 is 0 Å². The molecular weight excluding hydrogens is 326 g/mol. The molecule has 1 N–H and O–H groups in total. The van der Waals surface area contributed by atoms with Gasteiger partial charge in [0.05, 0.1) is 10.7 Å². The van der Waals surface area contributed by atoms with Gasteiger partial charge in [0, 0.05) is 12.0 Å². The zero-order valence-corrected chi connectivity index (χ0v) is 13.4. The molecule has 2 rings (SSSR count). The minimum atomic E-state index is 0.269. The van der Waals surface area contributed by atoms with Crippen molar-refractivity contribution in [3.8, 4) is 0 Å². The summed E-state index contributed by atoms with van der Waals surface area (Å²) in [6.45, 7) is 6.15. The van der Waals surface area contributed by atoms with Crippen LogP contribution in [-0.2, 0) is 0 Å². The number of halogens is 2. The lowest BCUT2D eigenvalue weighted by atomic mass is 10.2. The molecule has 0 aliphatic heterocycles. The van der Waals surface area contributed by atoms with Crippen molar-refractivity contribution >= 4 is 39.0 Å². The van der Waals surface area contributed by atoms with E-state index in [9.17, 15) is 0 Å². The van der Waals surface area contributed by atoms with Crippen LogP contribution in [0.15, 0.2) is 28.9 Å². The Labute approximate surface area is 126 Å². The summed E-state index contributed by atoms with van der Waals surface area (Å²) in [7, 11) is 0. The van der Waals surface area contributed by atoms with Crippen LogP contribution < -0.4 is 5.32 Å². The molecule has 19 heavy (non-hydrogen) atoms. The van der Waals surface area contributed by atoms with Gasteiger partial charge >= 0.3 is 0 Å². The summed E-state index contributed by atoms with van der Waals surface area (Å²) in [6, 6.07) is 7.68. The summed E-state index contributed by atoms with van der Waals surface area (Å²) in [5.41, 5.74) is 1.99. The minimum Gasteiger partial charge on any atom is -0.339 e. The number of nitrogens with zero attached hydrogens (tertiary/aromatic N) is 2. The van der Waals surface area contributed by atoms with Crippen LogP contribution >= 0.6 is 27.5 Å². The van der Waals surface area contributed by atoms with Crippen molar-refractivity contribution in [1.29, 1.82) is 0 Å². The highest BCUT2D eigenvalue weighted by Crippen LogP contribution is 2.27. The average Bonchev–Trinajstić information content (AvgIpc) is 2.33. The number of rotatable bonds is 3. The van der Waals surface area contributed by atoms with Crippen molar-refractivity contribution in [3.05, 3.63) is 45.3 Å². The van der Waals surface area contributed by atoms with Crippen molar-refractivity contribution in [3.63, 3.8) is 0 Å². The Morgan fingerprint density at radius 1 is 1.21 bits per heavy atom. The monoisotopic (exact) mass is 339 g/mol. The Bertz CT molecular complexity index is 599. The largest absolute Gasteiger partial charge is 0.339 e. The molecule has 0 radical (unpaired) electrons. The fourth-order valence-corrected chi connectivity index (χ4v) is 2.19. The zero-order chi connectivity index (χ0) is 14.0. The zero-order valence-electron chi connectivity index (χ0n) is 11.0. The van der Waals surface area contributed by atoms with Gasteiger partial charge in [-0.05, 0) is 40.5 Å². The fourth-order valence-electron chi connectivity index (χ4n) is 1.63. The Morgan fingerprint density at radius 3 is 2.63 bits per heavy atom. The highest BCUT2D eigenvalue weighted by Gasteiger charge is 2.08. The second kappa shape index (κ2) is 5.88. The van der Waals surface area contributed by atoms with Gasteiger partial charge in [-0.2, -0.15) is 0 Å². The highest BCUT2D eigenvalue weighted by molar-refractivity contribution is 9.10. The third-order valence-electron chi connectivity index (χ3n) is 2.61. The van der Waals surface area contributed by atoms with Crippen LogP contribution in [-0.4, -0.2) is 9.97 Å². The molecule has 0 aliphatic carbocycles. The lowest BCUT2D eigenvalue weighted by Crippen LogP contribution is -2.02. The highest BCUT2D eigenvalue weighted by atomic mass is 79.9. The van der Waals surface area contributed by atoms with E-state index in [0.717, 1.165) is 27.5 Å².